The molecule has 0 radical (unpaired) electrons. The lowest BCUT2D eigenvalue weighted by atomic mass is 9.77. The van der Waals surface area contributed by atoms with Gasteiger partial charge in [0.05, 0.1) is 9.99 Å². The van der Waals surface area contributed by atoms with Crippen LogP contribution in [0.2, 0.25) is 0 Å². The maximum absolute atomic E-state index is 12.6. The Labute approximate surface area is 215 Å². The van der Waals surface area contributed by atoms with Gasteiger partial charge < -0.3 is 14.0 Å². The van der Waals surface area contributed by atoms with Crippen LogP contribution in [0.3, 0.4) is 0 Å². The zero-order valence-electron chi connectivity index (χ0n) is 21.8. The van der Waals surface area contributed by atoms with Crippen LogP contribution in [0.25, 0.3) is 0 Å². The molecule has 6 heteroatoms. The first-order valence-corrected chi connectivity index (χ1v) is 14.1. The second kappa shape index (κ2) is 14.1. The average molecular weight is 576 g/mol. The minimum absolute atomic E-state index is 0.00342. The van der Waals surface area contributed by atoms with Gasteiger partial charge in [0.2, 0.25) is 0 Å². The first-order valence-electron chi connectivity index (χ1n) is 13.0. The van der Waals surface area contributed by atoms with Gasteiger partial charge in [-0.3, -0.25) is 4.79 Å². The van der Waals surface area contributed by atoms with Crippen LogP contribution in [0, 0.1) is 15.4 Å². The molecule has 0 spiro atoms. The number of carbonyl (C=O) groups is 1. The number of carbonyl (C=O) groups excluding carboxylic acids is 1. The Hall–Kier alpha value is -0.630. The number of rotatable bonds is 13. The highest BCUT2D eigenvalue weighted by Crippen LogP contribution is 2.42. The molecule has 5 nitrogen and oxygen atoms in total. The Kier molecular flexibility index (Phi) is 12.2. The third-order valence-corrected chi connectivity index (χ3v) is 7.49. The molecule has 1 fully saturated rings. The van der Waals surface area contributed by atoms with Gasteiger partial charge in [0, 0.05) is 25.0 Å². The molecule has 1 atom stereocenters. The van der Waals surface area contributed by atoms with Crippen molar-refractivity contribution in [2.75, 3.05) is 13.2 Å². The number of aromatic nitrogens is 1. The van der Waals surface area contributed by atoms with E-state index in [1.807, 2.05) is 20.8 Å². The van der Waals surface area contributed by atoms with Crippen LogP contribution in [0.4, 0.5) is 0 Å². The fourth-order valence-electron chi connectivity index (χ4n) is 4.84. The maximum atomic E-state index is 12.6. The van der Waals surface area contributed by atoms with Crippen LogP contribution in [0.5, 0.6) is 0 Å². The lowest BCUT2D eigenvalue weighted by molar-refractivity contribution is -0.155. The lowest BCUT2D eigenvalue weighted by Crippen LogP contribution is -2.25. The van der Waals surface area contributed by atoms with E-state index < -0.39 is 5.60 Å². The first-order chi connectivity index (χ1) is 15.6. The topological polar surface area (TPSA) is 61.6 Å². The molecule has 1 saturated carbocycles. The molecular weight excluding hydrogens is 529 g/mol. The van der Waals surface area contributed by atoms with Crippen molar-refractivity contribution in [2.45, 2.75) is 123 Å². The third-order valence-electron chi connectivity index (χ3n) is 6.41. The van der Waals surface area contributed by atoms with Gasteiger partial charge in [-0.2, -0.15) is 0 Å². The molecule has 0 aromatic carbocycles. The molecule has 33 heavy (non-hydrogen) atoms. The summed E-state index contributed by atoms with van der Waals surface area (Å²) in [5.74, 6) is 2.91. The standard InChI is InChI=1S/C27H46INO4/c1-7-8-15-31-16-9-10-22(18-23(30)32-27(4,5)6)25-24(28)26(33-29-25)21-13-11-20(12-14-21)17-19(2)3/h19-22H,7-18H2,1-6H3/t20-,21-,22?. The van der Waals surface area contributed by atoms with E-state index in [0.717, 1.165) is 59.2 Å². The van der Waals surface area contributed by atoms with E-state index >= 15 is 0 Å². The molecule has 1 aliphatic carbocycles. The minimum Gasteiger partial charge on any atom is -0.460 e. The summed E-state index contributed by atoms with van der Waals surface area (Å²) in [7, 11) is 0. The van der Waals surface area contributed by atoms with Crippen molar-refractivity contribution in [2.24, 2.45) is 11.8 Å². The highest BCUT2D eigenvalue weighted by molar-refractivity contribution is 14.1. The van der Waals surface area contributed by atoms with Gasteiger partial charge in [-0.25, -0.2) is 0 Å². The maximum Gasteiger partial charge on any atom is 0.306 e. The number of ether oxygens (including phenoxy) is 2. The van der Waals surface area contributed by atoms with E-state index in [4.69, 9.17) is 14.0 Å². The molecule has 1 aromatic rings. The third kappa shape index (κ3) is 10.3. The van der Waals surface area contributed by atoms with Gasteiger partial charge in [-0.05, 0) is 107 Å². The molecule has 1 unspecified atom stereocenters. The van der Waals surface area contributed by atoms with E-state index in [2.05, 4.69) is 48.5 Å². The molecule has 0 saturated heterocycles. The lowest BCUT2D eigenvalue weighted by Gasteiger charge is -2.28. The van der Waals surface area contributed by atoms with E-state index in [9.17, 15) is 4.79 Å². The van der Waals surface area contributed by atoms with Crippen molar-refractivity contribution in [3.8, 4) is 0 Å². The van der Waals surface area contributed by atoms with Crippen LogP contribution in [0.1, 0.15) is 129 Å². The predicted molar refractivity (Wildman–Crippen MR) is 142 cm³/mol. The van der Waals surface area contributed by atoms with Crippen LogP contribution in [-0.2, 0) is 14.3 Å². The van der Waals surface area contributed by atoms with Crippen molar-refractivity contribution in [3.05, 3.63) is 15.0 Å². The van der Waals surface area contributed by atoms with Gasteiger partial charge in [-0.15, -0.1) is 0 Å². The fraction of sp³-hybridized carbons (Fsp3) is 0.852. The Morgan fingerprint density at radius 2 is 1.82 bits per heavy atom. The summed E-state index contributed by atoms with van der Waals surface area (Å²) >= 11 is 2.39. The molecule has 190 valence electrons. The Morgan fingerprint density at radius 1 is 1.15 bits per heavy atom. The fourth-order valence-corrected chi connectivity index (χ4v) is 5.92. The summed E-state index contributed by atoms with van der Waals surface area (Å²) in [5.41, 5.74) is 0.441. The first kappa shape index (κ1) is 28.6. The van der Waals surface area contributed by atoms with Crippen molar-refractivity contribution < 1.29 is 18.8 Å². The summed E-state index contributed by atoms with van der Waals surface area (Å²) in [6, 6.07) is 0. The monoisotopic (exact) mass is 575 g/mol. The van der Waals surface area contributed by atoms with Crippen molar-refractivity contribution >= 4 is 28.6 Å². The van der Waals surface area contributed by atoms with Gasteiger partial charge in [-0.1, -0.05) is 32.3 Å². The number of hydrogen-bond donors (Lipinski definition) is 0. The number of unbranched alkanes of at least 4 members (excludes halogenated alkanes) is 1. The smallest absolute Gasteiger partial charge is 0.306 e. The molecule has 1 aliphatic rings. The van der Waals surface area contributed by atoms with E-state index in [1.54, 1.807) is 0 Å². The van der Waals surface area contributed by atoms with Crippen LogP contribution >= 0.6 is 22.6 Å². The quantitative estimate of drug-likeness (QED) is 0.135. The minimum atomic E-state index is -0.484. The van der Waals surface area contributed by atoms with E-state index in [0.29, 0.717) is 18.9 Å². The van der Waals surface area contributed by atoms with E-state index in [1.165, 1.54) is 32.1 Å². The second-order valence-electron chi connectivity index (χ2n) is 11.2. The van der Waals surface area contributed by atoms with Gasteiger partial charge in [0.1, 0.15) is 11.3 Å². The van der Waals surface area contributed by atoms with Crippen LogP contribution in [0.15, 0.2) is 4.52 Å². The SMILES string of the molecule is CCCCOCCCC(CC(=O)OC(C)(C)C)c1noc([C@H]2CC[C@H](CC(C)C)CC2)c1I. The van der Waals surface area contributed by atoms with Crippen molar-refractivity contribution in [1.82, 2.24) is 5.16 Å². The Morgan fingerprint density at radius 3 is 2.42 bits per heavy atom. The molecule has 1 heterocycles. The van der Waals surface area contributed by atoms with E-state index in [-0.39, 0.29) is 11.9 Å². The number of esters is 1. The molecule has 1 aromatic heterocycles. The summed E-state index contributed by atoms with van der Waals surface area (Å²) in [6.07, 6.45) is 10.5. The molecular formula is C27H46INO4. The zero-order chi connectivity index (χ0) is 24.4. The number of hydrogen-bond acceptors (Lipinski definition) is 5. The molecule has 0 amide bonds. The molecule has 0 N–H and O–H groups in total. The summed E-state index contributed by atoms with van der Waals surface area (Å²) in [6.45, 7) is 14.1. The zero-order valence-corrected chi connectivity index (χ0v) is 23.9. The summed E-state index contributed by atoms with van der Waals surface area (Å²) < 4.78 is 18.4. The normalized spacial score (nSPS) is 20.2. The van der Waals surface area contributed by atoms with Gasteiger partial charge >= 0.3 is 5.97 Å². The number of nitrogens with zero attached hydrogens (tertiary/aromatic N) is 1. The van der Waals surface area contributed by atoms with Crippen LogP contribution < -0.4 is 0 Å². The highest BCUT2D eigenvalue weighted by Gasteiger charge is 2.31. The predicted octanol–water partition coefficient (Wildman–Crippen LogP) is 8.01. The largest absolute Gasteiger partial charge is 0.460 e. The molecule has 0 aliphatic heterocycles. The average Bonchev–Trinajstić information content (AvgIpc) is 3.09. The number of halogens is 1. The summed E-state index contributed by atoms with van der Waals surface area (Å²) in [5, 5.41) is 4.51. The highest BCUT2D eigenvalue weighted by atomic mass is 127. The molecule has 2 rings (SSSR count). The Bertz CT molecular complexity index is 701. The Balaban J connectivity index is 2.04. The summed E-state index contributed by atoms with van der Waals surface area (Å²) in [4.78, 5) is 12.6. The van der Waals surface area contributed by atoms with Crippen molar-refractivity contribution in [1.29, 1.82) is 0 Å². The van der Waals surface area contributed by atoms with Crippen molar-refractivity contribution in [3.63, 3.8) is 0 Å². The van der Waals surface area contributed by atoms with Gasteiger partial charge in [0.15, 0.2) is 5.76 Å². The van der Waals surface area contributed by atoms with Crippen LogP contribution in [-0.4, -0.2) is 29.9 Å². The molecule has 0 bridgehead atoms. The second-order valence-corrected chi connectivity index (χ2v) is 12.3. The van der Waals surface area contributed by atoms with Gasteiger partial charge in [0.25, 0.3) is 0 Å².